The first-order valence-electron chi connectivity index (χ1n) is 6.48. The molecule has 1 aromatic carbocycles. The van der Waals surface area contributed by atoms with Crippen molar-refractivity contribution < 1.29 is 9.59 Å². The summed E-state index contributed by atoms with van der Waals surface area (Å²) in [5.41, 5.74) is 2.61. The van der Waals surface area contributed by atoms with E-state index < -0.39 is 0 Å². The van der Waals surface area contributed by atoms with Gasteiger partial charge in [-0.1, -0.05) is 6.07 Å². The SMILES string of the molecule is CN(Cc1ccsc1)C(=O)CNc1cccc(NC=O)c1. The summed E-state index contributed by atoms with van der Waals surface area (Å²) >= 11 is 1.62. The lowest BCUT2D eigenvalue weighted by Crippen LogP contribution is -2.31. The molecule has 2 aromatic rings. The second-order valence-corrected chi connectivity index (χ2v) is 5.36. The summed E-state index contributed by atoms with van der Waals surface area (Å²) in [6.07, 6.45) is 0.624. The van der Waals surface area contributed by atoms with Crippen molar-refractivity contribution in [2.75, 3.05) is 24.2 Å². The normalized spacial score (nSPS) is 9.95. The highest BCUT2D eigenvalue weighted by molar-refractivity contribution is 7.07. The standard InChI is InChI=1S/C15H17N3O2S/c1-18(9-12-5-6-21-10-12)15(20)8-16-13-3-2-4-14(7-13)17-11-19/h2-7,10-11,16H,8-9H2,1H3,(H,17,19). The van der Waals surface area contributed by atoms with E-state index in [1.807, 2.05) is 29.0 Å². The largest absolute Gasteiger partial charge is 0.376 e. The molecule has 21 heavy (non-hydrogen) atoms. The van der Waals surface area contributed by atoms with E-state index in [1.165, 1.54) is 0 Å². The predicted octanol–water partition coefficient (Wildman–Crippen LogP) is 2.39. The number of carbonyl (C=O) groups is 2. The molecular weight excluding hydrogens is 286 g/mol. The van der Waals surface area contributed by atoms with Crippen LogP contribution in [0.3, 0.4) is 0 Å². The number of hydrogen-bond acceptors (Lipinski definition) is 4. The van der Waals surface area contributed by atoms with Crippen molar-refractivity contribution in [2.45, 2.75) is 6.54 Å². The fourth-order valence-electron chi connectivity index (χ4n) is 1.84. The van der Waals surface area contributed by atoms with Gasteiger partial charge in [-0.2, -0.15) is 11.3 Å². The molecular formula is C15H17N3O2S. The number of thiophene rings is 1. The maximum atomic E-state index is 12.0. The van der Waals surface area contributed by atoms with E-state index in [0.29, 0.717) is 18.6 Å². The third kappa shape index (κ3) is 4.61. The fraction of sp³-hybridized carbons (Fsp3) is 0.200. The molecule has 1 heterocycles. The van der Waals surface area contributed by atoms with Crippen LogP contribution in [0.15, 0.2) is 41.1 Å². The lowest BCUT2D eigenvalue weighted by molar-refractivity contribution is -0.128. The summed E-state index contributed by atoms with van der Waals surface area (Å²) in [5.74, 6) is 0.00921. The molecule has 110 valence electrons. The van der Waals surface area contributed by atoms with E-state index in [-0.39, 0.29) is 12.5 Å². The van der Waals surface area contributed by atoms with Crippen LogP contribution < -0.4 is 10.6 Å². The van der Waals surface area contributed by atoms with Crippen LogP contribution in [0, 0.1) is 0 Å². The Labute approximate surface area is 127 Å². The Morgan fingerprint density at radius 2 is 2.14 bits per heavy atom. The number of nitrogens with one attached hydrogen (secondary N) is 2. The van der Waals surface area contributed by atoms with Gasteiger partial charge in [0.1, 0.15) is 0 Å². The summed E-state index contributed by atoms with van der Waals surface area (Å²) in [5, 5.41) is 9.66. The number of carbonyl (C=O) groups excluding carboxylic acids is 2. The second-order valence-electron chi connectivity index (χ2n) is 4.58. The molecule has 0 atom stereocenters. The zero-order valence-electron chi connectivity index (χ0n) is 11.7. The summed E-state index contributed by atoms with van der Waals surface area (Å²) < 4.78 is 0. The Kier molecular flexibility index (Phi) is 5.34. The van der Waals surface area contributed by atoms with Crippen LogP contribution in [0.25, 0.3) is 0 Å². The van der Waals surface area contributed by atoms with Crippen LogP contribution in [0.1, 0.15) is 5.56 Å². The van der Waals surface area contributed by atoms with Gasteiger partial charge in [0.05, 0.1) is 6.54 Å². The Morgan fingerprint density at radius 1 is 1.33 bits per heavy atom. The summed E-state index contributed by atoms with van der Waals surface area (Å²) in [6.45, 7) is 0.821. The van der Waals surface area contributed by atoms with Crippen LogP contribution >= 0.6 is 11.3 Å². The van der Waals surface area contributed by atoms with Gasteiger partial charge in [-0.3, -0.25) is 9.59 Å². The van der Waals surface area contributed by atoms with E-state index in [0.717, 1.165) is 11.3 Å². The molecule has 2 amide bonds. The number of anilines is 2. The van der Waals surface area contributed by atoms with Crippen LogP contribution in [0.2, 0.25) is 0 Å². The Hall–Kier alpha value is -2.34. The predicted molar refractivity (Wildman–Crippen MR) is 85.4 cm³/mol. The number of hydrogen-bond donors (Lipinski definition) is 2. The molecule has 0 bridgehead atoms. The highest BCUT2D eigenvalue weighted by atomic mass is 32.1. The van der Waals surface area contributed by atoms with Gasteiger partial charge >= 0.3 is 0 Å². The number of amides is 2. The zero-order valence-corrected chi connectivity index (χ0v) is 12.5. The maximum Gasteiger partial charge on any atom is 0.241 e. The maximum absolute atomic E-state index is 12.0. The molecule has 0 aliphatic rings. The zero-order chi connectivity index (χ0) is 15.1. The van der Waals surface area contributed by atoms with Gasteiger partial charge in [0.25, 0.3) is 0 Å². The molecule has 0 spiro atoms. The average molecular weight is 303 g/mol. The third-order valence-electron chi connectivity index (χ3n) is 2.96. The lowest BCUT2D eigenvalue weighted by Gasteiger charge is -2.17. The number of benzene rings is 1. The molecule has 5 nitrogen and oxygen atoms in total. The molecule has 0 aliphatic carbocycles. The quantitative estimate of drug-likeness (QED) is 0.772. The summed E-state index contributed by atoms with van der Waals surface area (Å²) in [4.78, 5) is 24.1. The molecule has 0 saturated heterocycles. The van der Waals surface area contributed by atoms with E-state index in [9.17, 15) is 9.59 Å². The summed E-state index contributed by atoms with van der Waals surface area (Å²) in [7, 11) is 1.78. The van der Waals surface area contributed by atoms with E-state index in [2.05, 4.69) is 10.6 Å². The Morgan fingerprint density at radius 3 is 2.86 bits per heavy atom. The first-order chi connectivity index (χ1) is 10.2. The van der Waals surface area contributed by atoms with Gasteiger partial charge < -0.3 is 15.5 Å². The van der Waals surface area contributed by atoms with Crippen molar-refractivity contribution in [3.8, 4) is 0 Å². The minimum atomic E-state index is 0.00921. The monoisotopic (exact) mass is 303 g/mol. The lowest BCUT2D eigenvalue weighted by atomic mass is 10.2. The van der Waals surface area contributed by atoms with Gasteiger partial charge in [-0.05, 0) is 40.6 Å². The minimum absolute atomic E-state index is 0.00921. The van der Waals surface area contributed by atoms with Crippen LogP contribution in [-0.2, 0) is 16.1 Å². The molecule has 0 radical (unpaired) electrons. The molecule has 0 fully saturated rings. The van der Waals surface area contributed by atoms with E-state index in [1.54, 1.807) is 35.4 Å². The average Bonchev–Trinajstić information content (AvgIpc) is 2.98. The first kappa shape index (κ1) is 15.1. The third-order valence-corrected chi connectivity index (χ3v) is 3.69. The Balaban J connectivity index is 1.85. The molecule has 2 rings (SSSR count). The fourth-order valence-corrected chi connectivity index (χ4v) is 2.50. The van der Waals surface area contributed by atoms with Crippen molar-refractivity contribution in [3.05, 3.63) is 46.7 Å². The Bertz CT molecular complexity index is 599. The highest BCUT2D eigenvalue weighted by Gasteiger charge is 2.09. The second kappa shape index (κ2) is 7.44. The van der Waals surface area contributed by atoms with Gasteiger partial charge in [-0.15, -0.1) is 0 Å². The van der Waals surface area contributed by atoms with Gasteiger partial charge in [-0.25, -0.2) is 0 Å². The molecule has 1 aromatic heterocycles. The van der Waals surface area contributed by atoms with Gasteiger partial charge in [0.2, 0.25) is 12.3 Å². The highest BCUT2D eigenvalue weighted by Crippen LogP contribution is 2.14. The van der Waals surface area contributed by atoms with Crippen molar-refractivity contribution in [1.82, 2.24) is 4.90 Å². The van der Waals surface area contributed by atoms with Gasteiger partial charge in [0, 0.05) is 25.0 Å². The molecule has 6 heteroatoms. The van der Waals surface area contributed by atoms with Crippen molar-refractivity contribution >= 4 is 35.0 Å². The molecule has 0 unspecified atom stereocenters. The minimum Gasteiger partial charge on any atom is -0.376 e. The van der Waals surface area contributed by atoms with E-state index in [4.69, 9.17) is 0 Å². The topological polar surface area (TPSA) is 61.4 Å². The molecule has 0 aliphatic heterocycles. The smallest absolute Gasteiger partial charge is 0.241 e. The van der Waals surface area contributed by atoms with Crippen LogP contribution in [0.4, 0.5) is 11.4 Å². The van der Waals surface area contributed by atoms with E-state index >= 15 is 0 Å². The van der Waals surface area contributed by atoms with Crippen LogP contribution in [0.5, 0.6) is 0 Å². The van der Waals surface area contributed by atoms with Gasteiger partial charge in [0.15, 0.2) is 0 Å². The molecule has 0 saturated carbocycles. The summed E-state index contributed by atoms with van der Waals surface area (Å²) in [6, 6.07) is 9.23. The van der Waals surface area contributed by atoms with Crippen molar-refractivity contribution in [2.24, 2.45) is 0 Å². The number of rotatable bonds is 7. The van der Waals surface area contributed by atoms with Crippen molar-refractivity contribution in [3.63, 3.8) is 0 Å². The van der Waals surface area contributed by atoms with Crippen LogP contribution in [-0.4, -0.2) is 30.8 Å². The number of likely N-dealkylation sites (N-methyl/N-ethyl adjacent to an activating group) is 1. The number of nitrogens with zero attached hydrogens (tertiary/aromatic N) is 1. The van der Waals surface area contributed by atoms with Crippen molar-refractivity contribution in [1.29, 1.82) is 0 Å². The molecule has 2 N–H and O–H groups in total. The first-order valence-corrected chi connectivity index (χ1v) is 7.42.